The Morgan fingerprint density at radius 2 is 1.93 bits per heavy atom. The van der Waals surface area contributed by atoms with Crippen LogP contribution >= 0.6 is 0 Å². The number of carboxylic acid groups (broad SMARTS) is 1. The van der Waals surface area contributed by atoms with Gasteiger partial charge in [0.1, 0.15) is 11.2 Å². The van der Waals surface area contributed by atoms with Gasteiger partial charge >= 0.3 is 5.97 Å². The van der Waals surface area contributed by atoms with E-state index >= 15 is 0 Å². The Balaban J connectivity index is 3.13. The predicted octanol–water partition coefficient (Wildman–Crippen LogP) is 1.16. The van der Waals surface area contributed by atoms with Crippen molar-refractivity contribution in [3.05, 3.63) is 35.6 Å². The van der Waals surface area contributed by atoms with E-state index in [2.05, 4.69) is 0 Å². The van der Waals surface area contributed by atoms with Crippen LogP contribution in [0.25, 0.3) is 0 Å². The SMILES string of the molecule is C[C@](CO)(C(=O)O)c1ccc(F)cc1. The Morgan fingerprint density at radius 3 is 2.29 bits per heavy atom. The van der Waals surface area contributed by atoms with Crippen molar-refractivity contribution in [2.24, 2.45) is 0 Å². The van der Waals surface area contributed by atoms with Crippen molar-refractivity contribution in [2.75, 3.05) is 6.61 Å². The number of aliphatic hydroxyl groups excluding tert-OH is 1. The number of benzene rings is 1. The Hall–Kier alpha value is -1.42. The van der Waals surface area contributed by atoms with Gasteiger partial charge in [-0.1, -0.05) is 12.1 Å². The summed E-state index contributed by atoms with van der Waals surface area (Å²) in [4.78, 5) is 10.9. The third kappa shape index (κ3) is 1.75. The van der Waals surface area contributed by atoms with Crippen LogP contribution < -0.4 is 0 Å². The molecule has 0 fully saturated rings. The van der Waals surface area contributed by atoms with Gasteiger partial charge in [0.15, 0.2) is 0 Å². The van der Waals surface area contributed by atoms with Gasteiger partial charge in [0.25, 0.3) is 0 Å². The van der Waals surface area contributed by atoms with E-state index in [9.17, 15) is 9.18 Å². The molecule has 0 aliphatic carbocycles. The fourth-order valence-corrected chi connectivity index (χ4v) is 1.10. The van der Waals surface area contributed by atoms with E-state index < -0.39 is 23.8 Å². The molecule has 0 aliphatic rings. The molecule has 76 valence electrons. The summed E-state index contributed by atoms with van der Waals surface area (Å²) in [5, 5.41) is 17.9. The van der Waals surface area contributed by atoms with Gasteiger partial charge in [-0.25, -0.2) is 4.39 Å². The summed E-state index contributed by atoms with van der Waals surface area (Å²) in [6, 6.07) is 5.07. The Bertz CT molecular complexity index is 334. The second-order valence-corrected chi connectivity index (χ2v) is 3.30. The van der Waals surface area contributed by atoms with Crippen LogP contribution in [0.1, 0.15) is 12.5 Å². The normalized spacial score (nSPS) is 14.8. The monoisotopic (exact) mass is 198 g/mol. The first-order chi connectivity index (χ1) is 6.50. The summed E-state index contributed by atoms with van der Waals surface area (Å²) in [7, 11) is 0. The smallest absolute Gasteiger partial charge is 0.316 e. The number of aliphatic carboxylic acids is 1. The molecule has 1 atom stereocenters. The standard InChI is InChI=1S/C10H11FO3/c1-10(6-12,9(13)14)7-2-4-8(11)5-3-7/h2-5,12H,6H2,1H3,(H,13,14)/t10-/m1/s1. The number of hydrogen-bond acceptors (Lipinski definition) is 2. The summed E-state index contributed by atoms with van der Waals surface area (Å²) in [5.74, 6) is -1.56. The number of carbonyl (C=O) groups is 1. The molecule has 0 aliphatic heterocycles. The van der Waals surface area contributed by atoms with E-state index in [0.717, 1.165) is 0 Å². The average Bonchev–Trinajstić information content (AvgIpc) is 2.17. The quantitative estimate of drug-likeness (QED) is 0.766. The number of hydrogen-bond donors (Lipinski definition) is 2. The van der Waals surface area contributed by atoms with E-state index in [1.54, 1.807) is 0 Å². The fraction of sp³-hybridized carbons (Fsp3) is 0.300. The first kappa shape index (κ1) is 10.7. The zero-order chi connectivity index (χ0) is 10.8. The Morgan fingerprint density at radius 1 is 1.43 bits per heavy atom. The summed E-state index contributed by atoms with van der Waals surface area (Å²) in [5.41, 5.74) is -0.984. The molecule has 0 spiro atoms. The maximum absolute atomic E-state index is 12.6. The van der Waals surface area contributed by atoms with Gasteiger partial charge in [0, 0.05) is 0 Å². The molecule has 3 nitrogen and oxygen atoms in total. The van der Waals surface area contributed by atoms with Gasteiger partial charge in [-0.3, -0.25) is 4.79 Å². The maximum atomic E-state index is 12.6. The topological polar surface area (TPSA) is 57.5 Å². The van der Waals surface area contributed by atoms with Crippen LogP contribution in [0.15, 0.2) is 24.3 Å². The van der Waals surface area contributed by atoms with Crippen LogP contribution in [-0.2, 0) is 10.2 Å². The molecule has 0 bridgehead atoms. The lowest BCUT2D eigenvalue weighted by Gasteiger charge is -2.22. The molecular formula is C10H11FO3. The largest absolute Gasteiger partial charge is 0.481 e. The molecule has 0 saturated heterocycles. The predicted molar refractivity (Wildman–Crippen MR) is 48.5 cm³/mol. The molecular weight excluding hydrogens is 187 g/mol. The molecule has 1 aromatic rings. The average molecular weight is 198 g/mol. The lowest BCUT2D eigenvalue weighted by atomic mass is 9.83. The van der Waals surface area contributed by atoms with Crippen molar-refractivity contribution in [3.8, 4) is 0 Å². The highest BCUT2D eigenvalue weighted by Crippen LogP contribution is 2.23. The number of carboxylic acids is 1. The van der Waals surface area contributed by atoms with E-state index in [0.29, 0.717) is 5.56 Å². The zero-order valence-electron chi connectivity index (χ0n) is 7.70. The van der Waals surface area contributed by atoms with Gasteiger partial charge in [0.05, 0.1) is 6.61 Å². The molecule has 4 heteroatoms. The van der Waals surface area contributed by atoms with Crippen LogP contribution in [0.3, 0.4) is 0 Å². The van der Waals surface area contributed by atoms with E-state index in [-0.39, 0.29) is 0 Å². The fourth-order valence-electron chi connectivity index (χ4n) is 1.10. The molecule has 0 aromatic heterocycles. The van der Waals surface area contributed by atoms with Crippen molar-refractivity contribution in [3.63, 3.8) is 0 Å². The summed E-state index contributed by atoms with van der Waals surface area (Å²) in [6.07, 6.45) is 0. The van der Waals surface area contributed by atoms with Crippen molar-refractivity contribution in [1.29, 1.82) is 0 Å². The first-order valence-electron chi connectivity index (χ1n) is 4.11. The number of halogens is 1. The third-order valence-corrected chi connectivity index (χ3v) is 2.27. The van der Waals surface area contributed by atoms with Crippen molar-refractivity contribution in [2.45, 2.75) is 12.3 Å². The van der Waals surface area contributed by atoms with Crippen LogP contribution in [0, 0.1) is 5.82 Å². The maximum Gasteiger partial charge on any atom is 0.316 e. The molecule has 0 radical (unpaired) electrons. The van der Waals surface area contributed by atoms with E-state index in [4.69, 9.17) is 10.2 Å². The minimum atomic E-state index is -1.37. The van der Waals surface area contributed by atoms with Gasteiger partial charge in [-0.05, 0) is 24.6 Å². The minimum absolute atomic E-state index is 0.383. The van der Waals surface area contributed by atoms with Crippen molar-refractivity contribution >= 4 is 5.97 Å². The van der Waals surface area contributed by atoms with Gasteiger partial charge in [-0.2, -0.15) is 0 Å². The van der Waals surface area contributed by atoms with Crippen LogP contribution in [-0.4, -0.2) is 22.8 Å². The highest BCUT2D eigenvalue weighted by atomic mass is 19.1. The lowest BCUT2D eigenvalue weighted by molar-refractivity contribution is -0.144. The second kappa shape index (κ2) is 3.75. The molecule has 2 N–H and O–H groups in total. The molecule has 0 saturated carbocycles. The molecule has 0 amide bonds. The van der Waals surface area contributed by atoms with Crippen molar-refractivity contribution in [1.82, 2.24) is 0 Å². The first-order valence-corrected chi connectivity index (χ1v) is 4.11. The van der Waals surface area contributed by atoms with Gasteiger partial charge in [-0.15, -0.1) is 0 Å². The summed E-state index contributed by atoms with van der Waals surface area (Å²) >= 11 is 0. The molecule has 0 heterocycles. The van der Waals surface area contributed by atoms with Crippen LogP contribution in [0.4, 0.5) is 4.39 Å². The number of aliphatic hydroxyl groups is 1. The number of rotatable bonds is 3. The zero-order valence-corrected chi connectivity index (χ0v) is 7.70. The van der Waals surface area contributed by atoms with E-state index in [1.165, 1.54) is 31.2 Å². The van der Waals surface area contributed by atoms with Crippen LogP contribution in [0.2, 0.25) is 0 Å². The Labute approximate surface area is 80.8 Å². The highest BCUT2D eigenvalue weighted by Gasteiger charge is 2.34. The minimum Gasteiger partial charge on any atom is -0.481 e. The van der Waals surface area contributed by atoms with Crippen LogP contribution in [0.5, 0.6) is 0 Å². The summed E-state index contributed by atoms with van der Waals surface area (Å²) < 4.78 is 12.6. The highest BCUT2D eigenvalue weighted by molar-refractivity contribution is 5.80. The Kier molecular flexibility index (Phi) is 2.86. The third-order valence-electron chi connectivity index (χ3n) is 2.27. The molecule has 1 aromatic carbocycles. The van der Waals surface area contributed by atoms with E-state index in [1.807, 2.05) is 0 Å². The van der Waals surface area contributed by atoms with Gasteiger partial charge in [0.2, 0.25) is 0 Å². The second-order valence-electron chi connectivity index (χ2n) is 3.30. The molecule has 14 heavy (non-hydrogen) atoms. The van der Waals surface area contributed by atoms with Crippen molar-refractivity contribution < 1.29 is 19.4 Å². The molecule has 1 rings (SSSR count). The summed E-state index contributed by atoms with van der Waals surface area (Å²) in [6.45, 7) is 0.872. The molecule has 0 unspecified atom stereocenters. The van der Waals surface area contributed by atoms with Gasteiger partial charge < -0.3 is 10.2 Å². The lowest BCUT2D eigenvalue weighted by Crippen LogP contribution is -2.36.